The lowest BCUT2D eigenvalue weighted by molar-refractivity contribution is 0.0876. The van der Waals surface area contributed by atoms with Gasteiger partial charge in [0.05, 0.1) is 27.4 Å². The third-order valence-corrected chi connectivity index (χ3v) is 6.79. The zero-order valence-electron chi connectivity index (χ0n) is 21.1. The number of ether oxygens (including phenoxy) is 3. The van der Waals surface area contributed by atoms with Crippen molar-refractivity contribution in [1.29, 1.82) is 0 Å². The van der Waals surface area contributed by atoms with Gasteiger partial charge in [-0.1, -0.05) is 30.3 Å². The number of nitrogens with one attached hydrogen (secondary N) is 1. The molecule has 2 atom stereocenters. The van der Waals surface area contributed by atoms with E-state index < -0.39 is 0 Å². The number of carbonyl (C=O) groups is 1. The van der Waals surface area contributed by atoms with E-state index in [1.807, 2.05) is 43.3 Å². The van der Waals surface area contributed by atoms with Crippen molar-refractivity contribution in [2.75, 3.05) is 27.9 Å². The number of rotatable bonds is 8. The van der Waals surface area contributed by atoms with Crippen molar-refractivity contribution in [2.24, 2.45) is 0 Å². The average Bonchev–Trinajstić information content (AvgIpc) is 2.88. The van der Waals surface area contributed by atoms with Crippen LogP contribution in [0.15, 0.2) is 60.7 Å². The maximum atomic E-state index is 13.2. The van der Waals surface area contributed by atoms with Gasteiger partial charge in [-0.3, -0.25) is 9.69 Å². The fourth-order valence-electron chi connectivity index (χ4n) is 4.95. The fourth-order valence-corrected chi connectivity index (χ4v) is 4.95. The van der Waals surface area contributed by atoms with Crippen LogP contribution in [0.2, 0.25) is 0 Å². The Morgan fingerprint density at radius 3 is 2.34 bits per heavy atom. The molecule has 1 heterocycles. The molecule has 0 aliphatic carbocycles. The van der Waals surface area contributed by atoms with E-state index in [9.17, 15) is 4.79 Å². The number of methoxy groups -OCH3 is 3. The van der Waals surface area contributed by atoms with Crippen molar-refractivity contribution >= 4 is 5.91 Å². The molecule has 0 radical (unpaired) electrons. The molecule has 0 aromatic heterocycles. The minimum absolute atomic E-state index is 0.0337. The van der Waals surface area contributed by atoms with Crippen molar-refractivity contribution < 1.29 is 19.0 Å². The summed E-state index contributed by atoms with van der Waals surface area (Å²) in [5.41, 5.74) is 5.22. The second-order valence-electron chi connectivity index (χ2n) is 9.00. The Morgan fingerprint density at radius 2 is 1.69 bits per heavy atom. The van der Waals surface area contributed by atoms with Crippen LogP contribution < -0.4 is 19.5 Å². The number of nitrogens with zero attached hydrogens (tertiary/aromatic N) is 1. The molecule has 3 aromatic carbocycles. The summed E-state index contributed by atoms with van der Waals surface area (Å²) in [7, 11) is 4.99. The van der Waals surface area contributed by atoms with E-state index in [0.717, 1.165) is 42.1 Å². The summed E-state index contributed by atoms with van der Waals surface area (Å²) >= 11 is 0. The maximum Gasteiger partial charge on any atom is 0.251 e. The van der Waals surface area contributed by atoms with E-state index in [1.165, 1.54) is 11.1 Å². The van der Waals surface area contributed by atoms with Crippen LogP contribution in [0.3, 0.4) is 0 Å². The van der Waals surface area contributed by atoms with Crippen LogP contribution in [0.4, 0.5) is 0 Å². The molecular weight excluding hydrogens is 440 g/mol. The van der Waals surface area contributed by atoms with E-state index in [1.54, 1.807) is 21.3 Å². The lowest BCUT2D eigenvalue weighted by Crippen LogP contribution is -2.47. The molecule has 0 bridgehead atoms. The van der Waals surface area contributed by atoms with Crippen LogP contribution in [0.1, 0.15) is 45.6 Å². The third-order valence-electron chi connectivity index (χ3n) is 6.79. The maximum absolute atomic E-state index is 13.2. The normalized spacial score (nSPS) is 16.2. The molecule has 184 valence electrons. The van der Waals surface area contributed by atoms with E-state index in [4.69, 9.17) is 14.2 Å². The highest BCUT2D eigenvalue weighted by Crippen LogP contribution is 2.40. The smallest absolute Gasteiger partial charge is 0.251 e. The molecular formula is C29H34N2O4. The molecule has 35 heavy (non-hydrogen) atoms. The summed E-state index contributed by atoms with van der Waals surface area (Å²) in [6.07, 6.45) is 0.890. The van der Waals surface area contributed by atoms with Gasteiger partial charge in [0.15, 0.2) is 11.5 Å². The lowest BCUT2D eigenvalue weighted by atomic mass is 9.87. The first-order valence-corrected chi connectivity index (χ1v) is 11.9. The highest BCUT2D eigenvalue weighted by atomic mass is 16.5. The SMILES string of the molecule is COc1ccc(CN2CCc3cc(OC)c(OC)cc3[C@H]2[C@@H](C)NC(=O)c2ccccc2C)cc1. The van der Waals surface area contributed by atoms with Gasteiger partial charge in [0.2, 0.25) is 0 Å². The average molecular weight is 475 g/mol. The molecule has 4 rings (SSSR count). The Kier molecular flexibility index (Phi) is 7.61. The van der Waals surface area contributed by atoms with Crippen molar-refractivity contribution in [2.45, 2.75) is 38.9 Å². The Bertz CT molecular complexity index is 1180. The zero-order chi connectivity index (χ0) is 24.9. The predicted octanol–water partition coefficient (Wildman–Crippen LogP) is 4.94. The summed E-state index contributed by atoms with van der Waals surface area (Å²) in [5.74, 6) is 2.20. The van der Waals surface area contributed by atoms with Gasteiger partial charge in [0, 0.05) is 24.7 Å². The molecule has 6 heteroatoms. The third kappa shape index (κ3) is 5.28. The summed E-state index contributed by atoms with van der Waals surface area (Å²) in [6, 6.07) is 19.8. The lowest BCUT2D eigenvalue weighted by Gasteiger charge is -2.41. The number of fused-ring (bicyclic) bond motifs is 1. The largest absolute Gasteiger partial charge is 0.497 e. The molecule has 1 aliphatic heterocycles. The van der Waals surface area contributed by atoms with Gasteiger partial charge in [0.25, 0.3) is 5.91 Å². The van der Waals surface area contributed by atoms with Crippen LogP contribution in [0, 0.1) is 6.92 Å². The van der Waals surface area contributed by atoms with Crippen LogP contribution >= 0.6 is 0 Å². The van der Waals surface area contributed by atoms with Gasteiger partial charge >= 0.3 is 0 Å². The minimum Gasteiger partial charge on any atom is -0.497 e. The number of aryl methyl sites for hydroxylation is 1. The van der Waals surface area contributed by atoms with E-state index in [2.05, 4.69) is 41.4 Å². The standard InChI is InChI=1S/C29H34N2O4/c1-19-8-6-7-9-24(19)29(32)30-20(2)28-25-17-27(35-5)26(34-4)16-22(25)14-15-31(28)18-21-10-12-23(33-3)13-11-21/h6-13,16-17,20,28H,14-15,18H2,1-5H3,(H,30,32)/t20-,28-/m1/s1. The fraction of sp³-hybridized carbons (Fsp3) is 0.345. The predicted molar refractivity (Wildman–Crippen MR) is 138 cm³/mol. The van der Waals surface area contributed by atoms with Crippen LogP contribution in [0.5, 0.6) is 17.2 Å². The summed E-state index contributed by atoms with van der Waals surface area (Å²) < 4.78 is 16.5. The highest BCUT2D eigenvalue weighted by molar-refractivity contribution is 5.95. The summed E-state index contributed by atoms with van der Waals surface area (Å²) in [6.45, 7) is 5.66. The topological polar surface area (TPSA) is 60.0 Å². The monoisotopic (exact) mass is 474 g/mol. The Labute approximate surface area is 207 Å². The van der Waals surface area contributed by atoms with E-state index in [0.29, 0.717) is 11.3 Å². The van der Waals surface area contributed by atoms with Gasteiger partial charge in [-0.2, -0.15) is 0 Å². The number of amides is 1. The first-order valence-electron chi connectivity index (χ1n) is 11.9. The molecule has 1 amide bonds. The van der Waals surface area contributed by atoms with Gasteiger partial charge in [0.1, 0.15) is 5.75 Å². The van der Waals surface area contributed by atoms with E-state index in [-0.39, 0.29) is 18.0 Å². The molecule has 0 saturated heterocycles. The number of benzene rings is 3. The molecule has 1 N–H and O–H groups in total. The number of carbonyl (C=O) groups excluding carboxylic acids is 1. The molecule has 3 aromatic rings. The van der Waals surface area contributed by atoms with Gasteiger partial charge < -0.3 is 19.5 Å². The molecule has 0 saturated carbocycles. The van der Waals surface area contributed by atoms with Crippen LogP contribution in [-0.4, -0.2) is 44.7 Å². The molecule has 0 spiro atoms. The Morgan fingerprint density at radius 1 is 1.00 bits per heavy atom. The van der Waals surface area contributed by atoms with Gasteiger partial charge in [-0.15, -0.1) is 0 Å². The van der Waals surface area contributed by atoms with Crippen molar-refractivity contribution in [1.82, 2.24) is 10.2 Å². The molecule has 0 fully saturated rings. The van der Waals surface area contributed by atoms with Gasteiger partial charge in [-0.05, 0) is 72.9 Å². The second-order valence-corrected chi connectivity index (χ2v) is 9.00. The van der Waals surface area contributed by atoms with E-state index >= 15 is 0 Å². The molecule has 6 nitrogen and oxygen atoms in total. The molecule has 1 aliphatic rings. The van der Waals surface area contributed by atoms with Crippen molar-refractivity contribution in [3.8, 4) is 17.2 Å². The Hall–Kier alpha value is -3.51. The number of hydrogen-bond donors (Lipinski definition) is 1. The molecule has 0 unspecified atom stereocenters. The Balaban J connectivity index is 1.68. The van der Waals surface area contributed by atoms with Crippen molar-refractivity contribution in [3.05, 3.63) is 88.5 Å². The summed E-state index contributed by atoms with van der Waals surface area (Å²) in [5, 5.41) is 3.28. The van der Waals surface area contributed by atoms with Crippen molar-refractivity contribution in [3.63, 3.8) is 0 Å². The van der Waals surface area contributed by atoms with Crippen LogP contribution in [0.25, 0.3) is 0 Å². The quantitative estimate of drug-likeness (QED) is 0.501. The zero-order valence-corrected chi connectivity index (χ0v) is 21.1. The first-order chi connectivity index (χ1) is 16.9. The number of hydrogen-bond acceptors (Lipinski definition) is 5. The summed E-state index contributed by atoms with van der Waals surface area (Å²) in [4.78, 5) is 15.6. The first kappa shape index (κ1) is 24.6. The minimum atomic E-state index is -0.141. The van der Waals surface area contributed by atoms with Gasteiger partial charge in [-0.25, -0.2) is 0 Å². The second kappa shape index (κ2) is 10.8. The highest BCUT2D eigenvalue weighted by Gasteiger charge is 2.34. The van der Waals surface area contributed by atoms with Crippen LogP contribution in [-0.2, 0) is 13.0 Å².